The molecule has 0 atom stereocenters. The summed E-state index contributed by atoms with van der Waals surface area (Å²) >= 11 is 0. The summed E-state index contributed by atoms with van der Waals surface area (Å²) in [5.74, 6) is -0.929. The zero-order chi connectivity index (χ0) is 19.1. The van der Waals surface area contributed by atoms with Gasteiger partial charge in [-0.15, -0.1) is 29.8 Å². The number of hydrogen-bond donors (Lipinski definition) is 1. The average Bonchev–Trinajstić information content (AvgIpc) is 2.64. The molecule has 1 aromatic carbocycles. The second kappa shape index (κ2) is 10.6. The molecule has 0 spiro atoms. The standard InChI is InChI=1S/C14H14FN2.C6H5NO2.Ir/c1-9(2)13-8-16-14(10(3)17-13)11-4-6-12(15)7-5-11;8-6(9)5-3-1-2-4-7-5;/h4,6-9H,1-3H3;1-4H,(H,8,9);/q-1;;. The predicted molar refractivity (Wildman–Crippen MR) is 96.3 cm³/mol. The Labute approximate surface area is 171 Å². The Hall–Kier alpha value is -2.50. The molecule has 0 amide bonds. The SMILES string of the molecule is Cc1nc(C(C)C)cnc1-c1[c-]cc(F)cc1.O=C(O)c1ccccn1.[Ir]. The van der Waals surface area contributed by atoms with Crippen LogP contribution in [0.3, 0.4) is 0 Å². The number of hydrogen-bond acceptors (Lipinski definition) is 4. The van der Waals surface area contributed by atoms with Gasteiger partial charge in [-0.25, -0.2) is 9.78 Å². The van der Waals surface area contributed by atoms with Crippen molar-refractivity contribution in [3.05, 3.63) is 77.8 Å². The third-order valence-electron chi connectivity index (χ3n) is 3.47. The van der Waals surface area contributed by atoms with E-state index in [0.717, 1.165) is 22.6 Å². The van der Waals surface area contributed by atoms with E-state index in [-0.39, 0.29) is 31.6 Å². The third-order valence-corrected chi connectivity index (χ3v) is 3.47. The van der Waals surface area contributed by atoms with Crippen LogP contribution < -0.4 is 0 Å². The number of benzene rings is 1. The van der Waals surface area contributed by atoms with Crippen LogP contribution in [0.25, 0.3) is 11.3 Å². The first-order valence-corrected chi connectivity index (χ1v) is 8.04. The Morgan fingerprint density at radius 2 is 1.93 bits per heavy atom. The smallest absolute Gasteiger partial charge is 0.354 e. The van der Waals surface area contributed by atoms with Crippen molar-refractivity contribution in [2.75, 3.05) is 0 Å². The van der Waals surface area contributed by atoms with Crippen molar-refractivity contribution in [1.82, 2.24) is 15.0 Å². The van der Waals surface area contributed by atoms with Gasteiger partial charge in [0.1, 0.15) is 5.69 Å². The van der Waals surface area contributed by atoms with Crippen LogP contribution in [0.2, 0.25) is 0 Å². The zero-order valence-corrected chi connectivity index (χ0v) is 17.5. The van der Waals surface area contributed by atoms with E-state index < -0.39 is 5.97 Å². The molecule has 0 aliphatic heterocycles. The van der Waals surface area contributed by atoms with E-state index in [1.165, 1.54) is 24.4 Å². The number of aromatic nitrogens is 3. The Bertz CT molecular complexity index is 872. The molecular weight excluding hydrogens is 525 g/mol. The van der Waals surface area contributed by atoms with Gasteiger partial charge in [0.05, 0.1) is 5.69 Å². The number of aromatic carboxylic acids is 1. The van der Waals surface area contributed by atoms with Crippen LogP contribution in [-0.2, 0) is 20.1 Å². The van der Waals surface area contributed by atoms with Crippen molar-refractivity contribution in [2.24, 2.45) is 0 Å². The van der Waals surface area contributed by atoms with Crippen molar-refractivity contribution >= 4 is 5.97 Å². The fourth-order valence-corrected chi connectivity index (χ4v) is 2.08. The summed E-state index contributed by atoms with van der Waals surface area (Å²) in [5.41, 5.74) is 3.42. The van der Waals surface area contributed by atoms with Gasteiger partial charge in [0.25, 0.3) is 0 Å². The zero-order valence-electron chi connectivity index (χ0n) is 15.1. The van der Waals surface area contributed by atoms with Gasteiger partial charge in [-0.2, -0.15) is 0 Å². The second-order valence-corrected chi connectivity index (χ2v) is 5.82. The average molecular weight is 545 g/mol. The van der Waals surface area contributed by atoms with Gasteiger partial charge in [0.2, 0.25) is 0 Å². The number of pyridine rings is 1. The van der Waals surface area contributed by atoms with E-state index in [1.54, 1.807) is 24.4 Å². The molecule has 0 bridgehead atoms. The van der Waals surface area contributed by atoms with Gasteiger partial charge in [-0.1, -0.05) is 19.9 Å². The summed E-state index contributed by atoms with van der Waals surface area (Å²) in [6, 6.07) is 12.0. The molecule has 1 radical (unpaired) electrons. The van der Waals surface area contributed by atoms with Crippen LogP contribution in [0.15, 0.2) is 48.8 Å². The Balaban J connectivity index is 0.000000310. The van der Waals surface area contributed by atoms with Crippen molar-refractivity contribution < 1.29 is 34.4 Å². The van der Waals surface area contributed by atoms with Gasteiger partial charge in [-0.3, -0.25) is 9.37 Å². The van der Waals surface area contributed by atoms with E-state index in [9.17, 15) is 9.18 Å². The quantitative estimate of drug-likeness (QED) is 0.498. The third kappa shape index (κ3) is 6.62. The number of carbonyl (C=O) groups is 1. The molecule has 2 aromatic heterocycles. The number of carboxylic acids is 1. The second-order valence-electron chi connectivity index (χ2n) is 5.82. The monoisotopic (exact) mass is 545 g/mol. The van der Waals surface area contributed by atoms with Crippen molar-refractivity contribution in [2.45, 2.75) is 26.7 Å². The van der Waals surface area contributed by atoms with Crippen LogP contribution >= 0.6 is 0 Å². The van der Waals surface area contributed by atoms with Gasteiger partial charge in [0, 0.05) is 49.7 Å². The molecule has 143 valence electrons. The van der Waals surface area contributed by atoms with Crippen LogP contribution in [0.4, 0.5) is 4.39 Å². The first-order valence-electron chi connectivity index (χ1n) is 8.04. The molecule has 27 heavy (non-hydrogen) atoms. The molecule has 0 unspecified atom stereocenters. The molecule has 0 saturated carbocycles. The largest absolute Gasteiger partial charge is 0.477 e. The van der Waals surface area contributed by atoms with Crippen molar-refractivity contribution in [1.29, 1.82) is 0 Å². The minimum Gasteiger partial charge on any atom is -0.477 e. The van der Waals surface area contributed by atoms with Crippen molar-refractivity contribution in [3.8, 4) is 11.3 Å². The number of carboxylic acid groups (broad SMARTS) is 1. The summed E-state index contributed by atoms with van der Waals surface area (Å²) in [4.78, 5) is 22.6. The van der Waals surface area contributed by atoms with Gasteiger partial charge in [0.15, 0.2) is 0 Å². The number of halogens is 1. The van der Waals surface area contributed by atoms with E-state index >= 15 is 0 Å². The topological polar surface area (TPSA) is 76.0 Å². The maximum Gasteiger partial charge on any atom is 0.354 e. The molecule has 5 nitrogen and oxygen atoms in total. The Morgan fingerprint density at radius 3 is 2.37 bits per heavy atom. The summed E-state index contributed by atoms with van der Waals surface area (Å²) in [6.07, 6.45) is 3.22. The molecule has 1 N–H and O–H groups in total. The molecule has 0 fully saturated rings. The van der Waals surface area contributed by atoms with Gasteiger partial charge < -0.3 is 10.1 Å². The summed E-state index contributed by atoms with van der Waals surface area (Å²) in [5, 5.41) is 8.32. The fraction of sp³-hybridized carbons (Fsp3) is 0.200. The molecule has 7 heteroatoms. The predicted octanol–water partition coefficient (Wildman–Crippen LogP) is 4.29. The van der Waals surface area contributed by atoms with E-state index in [2.05, 4.69) is 34.9 Å². The maximum atomic E-state index is 12.8. The molecular formula is C20H19FIrN3O2-. The Morgan fingerprint density at radius 1 is 1.19 bits per heavy atom. The van der Waals surface area contributed by atoms with E-state index in [0.29, 0.717) is 5.92 Å². The molecule has 2 heterocycles. The molecule has 0 aliphatic rings. The minimum atomic E-state index is -0.990. The molecule has 3 aromatic rings. The Kier molecular flexibility index (Phi) is 8.85. The normalized spacial score (nSPS) is 9.81. The first-order chi connectivity index (χ1) is 12.4. The minimum absolute atomic E-state index is 0. The van der Waals surface area contributed by atoms with Crippen LogP contribution in [0.1, 0.15) is 41.6 Å². The molecule has 0 aliphatic carbocycles. The van der Waals surface area contributed by atoms with Crippen LogP contribution in [0.5, 0.6) is 0 Å². The van der Waals surface area contributed by atoms with Crippen LogP contribution in [-0.4, -0.2) is 26.0 Å². The number of aryl methyl sites for hydroxylation is 1. The van der Waals surface area contributed by atoms with Crippen LogP contribution in [0, 0.1) is 18.8 Å². The summed E-state index contributed by atoms with van der Waals surface area (Å²) < 4.78 is 12.8. The summed E-state index contributed by atoms with van der Waals surface area (Å²) in [6.45, 7) is 6.06. The molecule has 3 rings (SSSR count). The van der Waals surface area contributed by atoms with Gasteiger partial charge >= 0.3 is 5.97 Å². The fourth-order valence-electron chi connectivity index (χ4n) is 2.08. The van der Waals surface area contributed by atoms with Crippen molar-refractivity contribution in [3.63, 3.8) is 0 Å². The van der Waals surface area contributed by atoms with E-state index in [1.807, 2.05) is 6.92 Å². The van der Waals surface area contributed by atoms with Gasteiger partial charge in [-0.05, 0) is 25.0 Å². The number of nitrogens with zero attached hydrogens (tertiary/aromatic N) is 3. The summed E-state index contributed by atoms with van der Waals surface area (Å²) in [7, 11) is 0. The molecule has 0 saturated heterocycles. The number of rotatable bonds is 3. The maximum absolute atomic E-state index is 12.8. The van der Waals surface area contributed by atoms with E-state index in [4.69, 9.17) is 5.11 Å². The first kappa shape index (κ1) is 22.5.